The van der Waals surface area contributed by atoms with Gasteiger partial charge in [-0.05, 0) is 40.9 Å². The molecular formula is C33H43BrN4O2. The zero-order chi connectivity index (χ0) is 29.2. The predicted molar refractivity (Wildman–Crippen MR) is 167 cm³/mol. The Kier molecular flexibility index (Phi) is 8.93. The monoisotopic (exact) mass is 606 g/mol. The summed E-state index contributed by atoms with van der Waals surface area (Å²) in [5.41, 5.74) is 3.95. The lowest BCUT2D eigenvalue weighted by Gasteiger charge is -2.28. The van der Waals surface area contributed by atoms with Crippen LogP contribution in [0.25, 0.3) is 0 Å². The fourth-order valence-electron chi connectivity index (χ4n) is 5.85. The number of Topliss-reactive ketones (excluding diaryl/α,β-unsaturated/α-hetero) is 1. The Morgan fingerprint density at radius 3 is 2.25 bits per heavy atom. The number of aromatic nitrogens is 2. The summed E-state index contributed by atoms with van der Waals surface area (Å²) in [7, 11) is 0. The van der Waals surface area contributed by atoms with E-state index in [9.17, 15) is 9.90 Å². The van der Waals surface area contributed by atoms with Crippen LogP contribution in [0.15, 0.2) is 59.0 Å². The summed E-state index contributed by atoms with van der Waals surface area (Å²) in [6, 6.07) is 14.1. The third-order valence-corrected chi connectivity index (χ3v) is 8.28. The number of hydrogen-bond donors (Lipinski definition) is 1. The lowest BCUT2D eigenvalue weighted by molar-refractivity contribution is 0.0963. The van der Waals surface area contributed by atoms with Gasteiger partial charge in [0.25, 0.3) is 0 Å². The molecule has 7 heteroatoms. The van der Waals surface area contributed by atoms with Crippen LogP contribution < -0.4 is 0 Å². The van der Waals surface area contributed by atoms with Crippen molar-refractivity contribution in [3.63, 3.8) is 0 Å². The average molecular weight is 608 g/mol. The zero-order valence-electron chi connectivity index (χ0n) is 24.9. The third-order valence-electron chi connectivity index (χ3n) is 7.92. The van der Waals surface area contributed by atoms with Crippen LogP contribution in [0.1, 0.15) is 100.0 Å². The predicted octanol–water partition coefficient (Wildman–Crippen LogP) is 7.64. The molecule has 0 amide bonds. The Balaban J connectivity index is 1.67. The smallest absolute Gasteiger partial charge is 0.182 e. The number of halogens is 1. The molecule has 214 valence electrons. The van der Waals surface area contributed by atoms with Crippen LogP contribution in [0.2, 0.25) is 0 Å². The van der Waals surface area contributed by atoms with Crippen molar-refractivity contribution < 1.29 is 9.90 Å². The van der Waals surface area contributed by atoms with Gasteiger partial charge in [0.2, 0.25) is 0 Å². The van der Waals surface area contributed by atoms with E-state index >= 15 is 0 Å². The Morgan fingerprint density at radius 2 is 1.70 bits per heavy atom. The minimum Gasteiger partial charge on any atom is -0.507 e. The minimum absolute atomic E-state index is 0.0262. The Morgan fingerprint density at radius 1 is 1.07 bits per heavy atom. The number of phenolic OH excluding ortho intramolecular Hbond substituents is 1. The summed E-state index contributed by atoms with van der Waals surface area (Å²) in [5.74, 6) is 1.53. The number of carbonyl (C=O) groups excluding carboxylic acids is 1. The first-order valence-corrected chi connectivity index (χ1v) is 14.9. The van der Waals surface area contributed by atoms with E-state index in [-0.39, 0.29) is 34.8 Å². The van der Waals surface area contributed by atoms with Crippen molar-refractivity contribution in [3.8, 4) is 5.75 Å². The number of likely N-dealkylation sites (tertiary alicyclic amines) is 1. The highest BCUT2D eigenvalue weighted by Crippen LogP contribution is 2.41. The Bertz CT molecular complexity index is 1330. The summed E-state index contributed by atoms with van der Waals surface area (Å²) in [6.45, 7) is 16.3. The number of rotatable bonds is 8. The molecule has 3 aromatic rings. The number of benzene rings is 2. The normalized spacial score (nSPS) is 19.0. The van der Waals surface area contributed by atoms with E-state index < -0.39 is 0 Å². The highest BCUT2D eigenvalue weighted by atomic mass is 79.9. The molecular weight excluding hydrogens is 564 g/mol. The van der Waals surface area contributed by atoms with Gasteiger partial charge in [0.1, 0.15) is 11.6 Å². The van der Waals surface area contributed by atoms with Gasteiger partial charge in [0, 0.05) is 41.7 Å². The molecule has 1 aliphatic heterocycles. The molecule has 1 N–H and O–H groups in total. The molecule has 6 nitrogen and oxygen atoms in total. The second-order valence-electron chi connectivity index (χ2n) is 13.1. The van der Waals surface area contributed by atoms with E-state index in [4.69, 9.17) is 0 Å². The molecule has 4 rings (SSSR count). The highest BCUT2D eigenvalue weighted by Gasteiger charge is 2.41. The lowest BCUT2D eigenvalue weighted by atomic mass is 9.78. The molecule has 0 saturated carbocycles. The fraction of sp³-hybridized carbons (Fsp3) is 0.485. The van der Waals surface area contributed by atoms with Gasteiger partial charge >= 0.3 is 0 Å². The quantitative estimate of drug-likeness (QED) is 0.267. The third kappa shape index (κ3) is 6.35. The van der Waals surface area contributed by atoms with Crippen LogP contribution >= 0.6 is 16.1 Å². The Labute approximate surface area is 247 Å². The zero-order valence-corrected chi connectivity index (χ0v) is 26.5. The van der Waals surface area contributed by atoms with E-state index in [0.29, 0.717) is 11.5 Å². The molecule has 0 unspecified atom stereocenters. The molecule has 0 radical (unpaired) electrons. The van der Waals surface area contributed by atoms with Gasteiger partial charge in [-0.25, -0.2) is 4.98 Å². The fourth-order valence-corrected chi connectivity index (χ4v) is 6.29. The maximum Gasteiger partial charge on any atom is 0.182 e. The summed E-state index contributed by atoms with van der Waals surface area (Å²) in [5, 5.41) is 11.1. The molecule has 1 fully saturated rings. The molecule has 0 spiro atoms. The number of nitrogens with zero attached hydrogens (tertiary/aromatic N) is 4. The van der Waals surface area contributed by atoms with Crippen LogP contribution in [0.5, 0.6) is 5.75 Å². The number of ketones is 1. The molecule has 2 atom stereocenters. The van der Waals surface area contributed by atoms with Gasteiger partial charge in [-0.2, -0.15) is 4.02 Å². The van der Waals surface area contributed by atoms with Gasteiger partial charge in [0.05, 0.1) is 34.9 Å². The SMILES string of the molecule is CCC[C@H]1CN(CC(=O)c2cc(C(C)(C)C)c(O)c(C(C)(C)C)c2)C(=NBr)[C@@H]1c1cncn1Cc1ccccc1. The Hall–Kier alpha value is -2.93. The van der Waals surface area contributed by atoms with Crippen LogP contribution in [-0.4, -0.2) is 44.3 Å². The van der Waals surface area contributed by atoms with E-state index in [1.165, 1.54) is 5.56 Å². The first-order chi connectivity index (χ1) is 18.8. The first kappa shape index (κ1) is 30.0. The van der Waals surface area contributed by atoms with E-state index in [1.54, 1.807) is 0 Å². The summed E-state index contributed by atoms with van der Waals surface area (Å²) < 4.78 is 6.79. The van der Waals surface area contributed by atoms with Gasteiger partial charge in [-0.1, -0.05) is 85.2 Å². The van der Waals surface area contributed by atoms with Gasteiger partial charge < -0.3 is 14.6 Å². The first-order valence-electron chi connectivity index (χ1n) is 14.2. The standard InChI is InChI=1S/C33H43BrN4O2/c1-8-12-23-19-37(20-28(39)24-15-25(32(2,3)4)30(40)26(16-24)33(5,6)7)31(36-34)29(23)27-17-35-21-38(27)18-22-13-10-9-11-14-22/h9-11,13-17,21,23,29,40H,8,12,18-20H2,1-7H3/t23-,29-/m0/s1. The van der Waals surface area contributed by atoms with Crippen molar-refractivity contribution in [1.82, 2.24) is 14.5 Å². The van der Waals surface area contributed by atoms with Crippen molar-refractivity contribution in [2.24, 2.45) is 9.94 Å². The van der Waals surface area contributed by atoms with Crippen molar-refractivity contribution in [3.05, 3.63) is 82.9 Å². The van der Waals surface area contributed by atoms with Crippen LogP contribution in [0, 0.1) is 5.92 Å². The molecule has 1 aliphatic rings. The summed E-state index contributed by atoms with van der Waals surface area (Å²) in [6.07, 6.45) is 5.92. The van der Waals surface area contributed by atoms with Crippen molar-refractivity contribution in [2.75, 3.05) is 13.1 Å². The van der Waals surface area contributed by atoms with Gasteiger partial charge in [-0.15, -0.1) is 0 Å². The second-order valence-corrected chi connectivity index (χ2v) is 13.5. The second kappa shape index (κ2) is 11.9. The lowest BCUT2D eigenvalue weighted by Crippen LogP contribution is -2.33. The van der Waals surface area contributed by atoms with Crippen LogP contribution in [0.3, 0.4) is 0 Å². The van der Waals surface area contributed by atoms with E-state index in [2.05, 4.69) is 107 Å². The molecule has 0 aliphatic carbocycles. The number of amidine groups is 1. The maximum absolute atomic E-state index is 13.9. The van der Waals surface area contributed by atoms with E-state index in [1.807, 2.05) is 30.7 Å². The molecule has 2 aromatic carbocycles. The molecule has 1 saturated heterocycles. The van der Waals surface area contributed by atoms with Gasteiger partial charge in [0.15, 0.2) is 5.78 Å². The summed E-state index contributed by atoms with van der Waals surface area (Å²) >= 11 is 3.42. The number of aromatic hydroxyl groups is 1. The topological polar surface area (TPSA) is 70.7 Å². The number of hydrogen-bond acceptors (Lipinski definition) is 4. The summed E-state index contributed by atoms with van der Waals surface area (Å²) in [4.78, 5) is 20.5. The van der Waals surface area contributed by atoms with Crippen LogP contribution in [-0.2, 0) is 17.4 Å². The number of carbonyl (C=O) groups is 1. The number of phenols is 1. The van der Waals surface area contributed by atoms with Crippen LogP contribution in [0.4, 0.5) is 0 Å². The largest absolute Gasteiger partial charge is 0.507 e. The molecule has 1 aromatic heterocycles. The molecule has 40 heavy (non-hydrogen) atoms. The van der Waals surface area contributed by atoms with Gasteiger partial charge in [-0.3, -0.25) is 4.79 Å². The average Bonchev–Trinajstić information content (AvgIpc) is 3.46. The molecule has 0 bridgehead atoms. The van der Waals surface area contributed by atoms with Crippen molar-refractivity contribution in [2.45, 2.75) is 84.6 Å². The van der Waals surface area contributed by atoms with Crippen molar-refractivity contribution in [1.29, 1.82) is 0 Å². The highest BCUT2D eigenvalue weighted by molar-refractivity contribution is 9.08. The minimum atomic E-state index is -0.301. The maximum atomic E-state index is 13.9. The van der Waals surface area contributed by atoms with E-state index in [0.717, 1.165) is 48.6 Å². The van der Waals surface area contributed by atoms with Crippen molar-refractivity contribution >= 4 is 27.8 Å². The number of imidazole rings is 1. The molecule has 2 heterocycles.